The molecule has 3 nitrogen and oxygen atoms in total. The minimum absolute atomic E-state index is 0.629. The number of aromatic nitrogens is 3. The number of benzene rings is 9. The fourth-order valence-corrected chi connectivity index (χ4v) is 9.26. The molecule has 4 heteroatoms. The van der Waals surface area contributed by atoms with Crippen molar-refractivity contribution in [3.63, 3.8) is 0 Å². The fraction of sp³-hybridized carbons (Fsp3) is 0. The summed E-state index contributed by atoms with van der Waals surface area (Å²) < 4.78 is 2.66. The van der Waals surface area contributed by atoms with Crippen molar-refractivity contribution >= 4 is 31.5 Å². The normalized spacial score (nSPS) is 11.3. The molecule has 0 aliphatic heterocycles. The van der Waals surface area contributed by atoms with Gasteiger partial charge >= 0.3 is 0 Å². The second kappa shape index (κ2) is 15.8. The topological polar surface area (TPSA) is 38.7 Å². The highest BCUT2D eigenvalue weighted by molar-refractivity contribution is 7.25. The Morgan fingerprint density at radius 2 is 0.590 bits per heavy atom. The van der Waals surface area contributed by atoms with E-state index in [1.807, 2.05) is 29.5 Å². The predicted molar refractivity (Wildman–Crippen MR) is 256 cm³/mol. The molecule has 0 N–H and O–H groups in total. The third-order valence-electron chi connectivity index (χ3n) is 11.4. The van der Waals surface area contributed by atoms with E-state index in [-0.39, 0.29) is 0 Å². The third-order valence-corrected chi connectivity index (χ3v) is 12.6. The maximum Gasteiger partial charge on any atom is 0.164 e. The molecule has 2 aromatic heterocycles. The zero-order chi connectivity index (χ0) is 40.5. The average Bonchev–Trinajstić information content (AvgIpc) is 3.73. The Kier molecular flexibility index (Phi) is 9.38. The molecule has 0 fully saturated rings. The lowest BCUT2D eigenvalue weighted by molar-refractivity contribution is 1.07. The van der Waals surface area contributed by atoms with Crippen LogP contribution in [0.15, 0.2) is 224 Å². The molecule has 11 rings (SSSR count). The first-order valence-corrected chi connectivity index (χ1v) is 21.3. The smallest absolute Gasteiger partial charge is 0.164 e. The summed E-state index contributed by atoms with van der Waals surface area (Å²) in [5.74, 6) is 1.90. The Labute approximate surface area is 359 Å². The molecule has 286 valence electrons. The first kappa shape index (κ1) is 36.3. The van der Waals surface area contributed by atoms with Gasteiger partial charge in [0.1, 0.15) is 0 Å². The molecule has 0 spiro atoms. The average molecular weight is 796 g/mol. The van der Waals surface area contributed by atoms with E-state index in [0.29, 0.717) is 17.5 Å². The van der Waals surface area contributed by atoms with Crippen molar-refractivity contribution in [2.75, 3.05) is 0 Å². The van der Waals surface area contributed by atoms with Gasteiger partial charge in [0.25, 0.3) is 0 Å². The van der Waals surface area contributed by atoms with Crippen LogP contribution in [0.4, 0.5) is 0 Å². The monoisotopic (exact) mass is 795 g/mol. The van der Waals surface area contributed by atoms with Crippen LogP contribution in [0.1, 0.15) is 0 Å². The highest BCUT2D eigenvalue weighted by Crippen LogP contribution is 2.38. The Morgan fingerprint density at radius 1 is 0.230 bits per heavy atom. The van der Waals surface area contributed by atoms with Gasteiger partial charge in [-0.3, -0.25) is 0 Å². The molecule has 0 amide bonds. The summed E-state index contributed by atoms with van der Waals surface area (Å²) in [5, 5.41) is 2.65. The van der Waals surface area contributed by atoms with Gasteiger partial charge in [0.2, 0.25) is 0 Å². The summed E-state index contributed by atoms with van der Waals surface area (Å²) in [6.07, 6.45) is 0. The molecule has 9 aromatic carbocycles. The molecule has 0 bridgehead atoms. The summed E-state index contributed by atoms with van der Waals surface area (Å²) in [6, 6.07) is 79.4. The van der Waals surface area contributed by atoms with Crippen molar-refractivity contribution in [2.24, 2.45) is 0 Å². The van der Waals surface area contributed by atoms with Crippen LogP contribution in [0, 0.1) is 0 Å². The van der Waals surface area contributed by atoms with E-state index in [2.05, 4.69) is 206 Å². The molecule has 0 aliphatic carbocycles. The van der Waals surface area contributed by atoms with Gasteiger partial charge < -0.3 is 0 Å². The van der Waals surface area contributed by atoms with Crippen molar-refractivity contribution < 1.29 is 0 Å². The zero-order valence-corrected chi connectivity index (χ0v) is 33.9. The van der Waals surface area contributed by atoms with Crippen LogP contribution in [0.25, 0.3) is 110 Å². The second-order valence-electron chi connectivity index (χ2n) is 15.2. The van der Waals surface area contributed by atoms with Gasteiger partial charge in [-0.2, -0.15) is 0 Å². The van der Waals surface area contributed by atoms with Gasteiger partial charge in [0, 0.05) is 36.9 Å². The molecular formula is C57H37N3S. The van der Waals surface area contributed by atoms with Gasteiger partial charge in [-0.25, -0.2) is 15.0 Å². The lowest BCUT2D eigenvalue weighted by Crippen LogP contribution is -2.01. The molecule has 61 heavy (non-hydrogen) atoms. The van der Waals surface area contributed by atoms with E-state index in [1.54, 1.807) is 0 Å². The molecule has 0 unspecified atom stereocenters. The SMILES string of the molecule is c1ccc(-c2ccc(-c3nc(-c4ccc(-c5ccc(-c6ccc(-c7ccc8sc9ccccc9c8c7)cc6)cc5)cc4)nc(-c4ccccc4-c4ccccc4)n3)cc2)cc1. The van der Waals surface area contributed by atoms with Crippen LogP contribution in [0.2, 0.25) is 0 Å². The number of hydrogen-bond acceptors (Lipinski definition) is 4. The first-order valence-electron chi connectivity index (χ1n) is 20.5. The van der Waals surface area contributed by atoms with E-state index >= 15 is 0 Å². The Bertz CT molecular complexity index is 3300. The van der Waals surface area contributed by atoms with Gasteiger partial charge in [-0.1, -0.05) is 206 Å². The standard InChI is InChI=1S/C57H37N3S/c1-3-11-38(12-4-1)39-27-31-46(32-28-39)55-58-56(60-57(59-55)51-17-8-7-15-49(51)45-13-5-2-6-14-45)47-33-29-43(30-34-47)41-21-19-40(20-22-41)42-23-25-44(26-24-42)48-35-36-54-52(37-48)50-16-9-10-18-53(50)61-54/h1-37H. The Balaban J connectivity index is 0.883. The molecule has 0 saturated carbocycles. The summed E-state index contributed by atoms with van der Waals surface area (Å²) in [6.45, 7) is 0. The van der Waals surface area contributed by atoms with Crippen molar-refractivity contribution in [1.82, 2.24) is 15.0 Å². The van der Waals surface area contributed by atoms with Crippen LogP contribution < -0.4 is 0 Å². The van der Waals surface area contributed by atoms with Gasteiger partial charge in [0.05, 0.1) is 0 Å². The van der Waals surface area contributed by atoms with Crippen molar-refractivity contribution in [3.8, 4) is 89.8 Å². The molecular weight excluding hydrogens is 759 g/mol. The molecule has 0 saturated heterocycles. The van der Waals surface area contributed by atoms with E-state index in [9.17, 15) is 0 Å². The highest BCUT2D eigenvalue weighted by atomic mass is 32.1. The van der Waals surface area contributed by atoms with E-state index < -0.39 is 0 Å². The highest BCUT2D eigenvalue weighted by Gasteiger charge is 2.16. The van der Waals surface area contributed by atoms with E-state index in [1.165, 1.54) is 48.0 Å². The lowest BCUT2D eigenvalue weighted by atomic mass is 9.97. The Morgan fingerprint density at radius 3 is 1.13 bits per heavy atom. The van der Waals surface area contributed by atoms with Crippen LogP contribution in [0.5, 0.6) is 0 Å². The third kappa shape index (κ3) is 7.20. The molecule has 2 heterocycles. The number of fused-ring (bicyclic) bond motifs is 3. The first-order chi connectivity index (χ1) is 30.2. The molecule has 11 aromatic rings. The maximum atomic E-state index is 5.12. The van der Waals surface area contributed by atoms with Gasteiger partial charge in [-0.05, 0) is 73.8 Å². The summed E-state index contributed by atoms with van der Waals surface area (Å²) in [4.78, 5) is 15.3. The zero-order valence-electron chi connectivity index (χ0n) is 33.1. The molecule has 0 radical (unpaired) electrons. The van der Waals surface area contributed by atoms with Crippen molar-refractivity contribution in [3.05, 3.63) is 224 Å². The predicted octanol–water partition coefficient (Wildman–Crippen LogP) is 15.6. The van der Waals surface area contributed by atoms with Crippen LogP contribution in [-0.4, -0.2) is 15.0 Å². The fourth-order valence-electron chi connectivity index (χ4n) is 8.17. The largest absolute Gasteiger partial charge is 0.208 e. The van der Waals surface area contributed by atoms with Crippen molar-refractivity contribution in [1.29, 1.82) is 0 Å². The van der Waals surface area contributed by atoms with Crippen molar-refractivity contribution in [2.45, 2.75) is 0 Å². The van der Waals surface area contributed by atoms with Crippen LogP contribution in [0.3, 0.4) is 0 Å². The Hall–Kier alpha value is -7.79. The minimum Gasteiger partial charge on any atom is -0.208 e. The number of thiophene rings is 1. The number of rotatable bonds is 8. The quantitative estimate of drug-likeness (QED) is 0.154. The number of nitrogens with zero attached hydrogens (tertiary/aromatic N) is 3. The van der Waals surface area contributed by atoms with Gasteiger partial charge in [-0.15, -0.1) is 11.3 Å². The maximum absolute atomic E-state index is 5.12. The van der Waals surface area contributed by atoms with Gasteiger partial charge in [0.15, 0.2) is 17.5 Å². The summed E-state index contributed by atoms with van der Waals surface area (Å²) in [7, 11) is 0. The van der Waals surface area contributed by atoms with Crippen LogP contribution in [-0.2, 0) is 0 Å². The summed E-state index contributed by atoms with van der Waals surface area (Å²) >= 11 is 1.86. The molecule has 0 aliphatic rings. The van der Waals surface area contributed by atoms with Crippen LogP contribution >= 0.6 is 11.3 Å². The lowest BCUT2D eigenvalue weighted by Gasteiger charge is -2.12. The molecule has 0 atom stereocenters. The summed E-state index contributed by atoms with van der Waals surface area (Å²) in [5.41, 5.74) is 14.4. The van der Waals surface area contributed by atoms with E-state index in [4.69, 9.17) is 15.0 Å². The number of hydrogen-bond donors (Lipinski definition) is 0. The van der Waals surface area contributed by atoms with E-state index in [0.717, 1.165) is 44.5 Å². The minimum atomic E-state index is 0.629. The second-order valence-corrected chi connectivity index (χ2v) is 16.3.